The van der Waals surface area contributed by atoms with Crippen molar-refractivity contribution in [1.82, 2.24) is 15.0 Å². The van der Waals surface area contributed by atoms with Crippen molar-refractivity contribution in [3.8, 4) is 45.7 Å². The molecule has 3 aromatic carbocycles. The maximum absolute atomic E-state index is 11.2. The van der Waals surface area contributed by atoms with Crippen LogP contribution in [0, 0.1) is 0 Å². The van der Waals surface area contributed by atoms with Crippen LogP contribution in [0.5, 0.6) is 11.5 Å². The molecule has 0 radical (unpaired) electrons. The molecule has 0 amide bonds. The minimum Gasteiger partial charge on any atom is -0.507 e. The van der Waals surface area contributed by atoms with E-state index in [1.807, 2.05) is 12.1 Å². The summed E-state index contributed by atoms with van der Waals surface area (Å²) in [6, 6.07) is 22.7. The molecule has 0 aliphatic carbocycles. The van der Waals surface area contributed by atoms with E-state index in [1.165, 1.54) is 62.5 Å². The second-order valence-corrected chi connectivity index (χ2v) is 14.7. The number of phenolic OH excluding ortho intramolecular Hbond substituents is 1. The molecule has 0 unspecified atom stereocenters. The lowest BCUT2D eigenvalue weighted by atomic mass is 9.80. The van der Waals surface area contributed by atoms with E-state index < -0.39 is 0 Å². The molecule has 1 heterocycles. The van der Waals surface area contributed by atoms with Crippen molar-refractivity contribution in [3.05, 3.63) is 77.9 Å². The Morgan fingerprint density at radius 2 is 1.00 bits per heavy atom. The highest BCUT2D eigenvalue weighted by Crippen LogP contribution is 2.35. The maximum atomic E-state index is 11.2. The minimum absolute atomic E-state index is 0.0949. The third kappa shape index (κ3) is 10.1. The SMILES string of the molecule is CCCCCCOc1ccc(-c2nc(-c3ccc(C(C)(C)CCCCC)cc3)nc(-c3ccc(C(C)(C)CCCCC)cc3)n2)c(O)c1. The van der Waals surface area contributed by atoms with Gasteiger partial charge in [-0.1, -0.05) is 155 Å². The standard InChI is InChI=1S/C43H59N3O2/c1-8-11-14-17-30-48-36-26-27-37(38(47)31-36)41-45-39(32-18-22-34(23-19-32)42(4,5)28-15-12-9-2)44-40(46-41)33-20-24-35(25-21-33)43(6,7)29-16-13-10-3/h18-27,31,47H,8-17,28-30H2,1-7H3. The number of benzene rings is 3. The first-order chi connectivity index (χ1) is 23.1. The molecule has 0 bridgehead atoms. The molecule has 1 N–H and O–H groups in total. The van der Waals surface area contributed by atoms with Crippen LogP contribution >= 0.6 is 0 Å². The number of rotatable bonds is 19. The summed E-state index contributed by atoms with van der Waals surface area (Å²) in [5.74, 6) is 2.36. The van der Waals surface area contributed by atoms with E-state index in [9.17, 15) is 5.11 Å². The molecule has 0 spiro atoms. The topological polar surface area (TPSA) is 68.1 Å². The number of hydrogen-bond donors (Lipinski definition) is 1. The Labute approximate surface area is 290 Å². The summed E-state index contributed by atoms with van der Waals surface area (Å²) in [6.45, 7) is 16.6. The fourth-order valence-corrected chi connectivity index (χ4v) is 6.33. The Morgan fingerprint density at radius 1 is 0.542 bits per heavy atom. The van der Waals surface area contributed by atoms with Gasteiger partial charge in [0.05, 0.1) is 12.2 Å². The van der Waals surface area contributed by atoms with Gasteiger partial charge in [-0.25, -0.2) is 15.0 Å². The fourth-order valence-electron chi connectivity index (χ4n) is 6.33. The average molecular weight is 650 g/mol. The van der Waals surface area contributed by atoms with Gasteiger partial charge in [0, 0.05) is 17.2 Å². The average Bonchev–Trinajstić information content (AvgIpc) is 3.08. The van der Waals surface area contributed by atoms with Crippen LogP contribution < -0.4 is 4.74 Å². The Bertz CT molecular complexity index is 1470. The van der Waals surface area contributed by atoms with E-state index in [2.05, 4.69) is 97.0 Å². The van der Waals surface area contributed by atoms with Crippen LogP contribution in [0.2, 0.25) is 0 Å². The van der Waals surface area contributed by atoms with Crippen molar-refractivity contribution in [3.63, 3.8) is 0 Å². The lowest BCUT2D eigenvalue weighted by molar-refractivity contribution is 0.303. The fraction of sp³-hybridized carbons (Fsp3) is 0.512. The molecule has 0 saturated carbocycles. The number of phenols is 1. The normalized spacial score (nSPS) is 12.0. The van der Waals surface area contributed by atoms with Crippen molar-refractivity contribution < 1.29 is 9.84 Å². The highest BCUT2D eigenvalue weighted by Gasteiger charge is 2.22. The van der Waals surface area contributed by atoms with Gasteiger partial charge < -0.3 is 9.84 Å². The molecule has 0 aliphatic heterocycles. The molecule has 4 aromatic rings. The first-order valence-electron chi connectivity index (χ1n) is 18.5. The Balaban J connectivity index is 1.68. The number of nitrogens with zero attached hydrogens (tertiary/aromatic N) is 3. The number of hydrogen-bond acceptors (Lipinski definition) is 5. The second-order valence-electron chi connectivity index (χ2n) is 14.7. The van der Waals surface area contributed by atoms with Crippen molar-refractivity contribution in [2.75, 3.05) is 6.61 Å². The molecule has 258 valence electrons. The first kappa shape index (κ1) is 37.1. The molecule has 4 rings (SSSR count). The van der Waals surface area contributed by atoms with Gasteiger partial charge >= 0.3 is 0 Å². The summed E-state index contributed by atoms with van der Waals surface area (Å²) in [4.78, 5) is 14.8. The van der Waals surface area contributed by atoms with Crippen molar-refractivity contribution >= 4 is 0 Å². The van der Waals surface area contributed by atoms with E-state index in [1.54, 1.807) is 6.07 Å². The smallest absolute Gasteiger partial charge is 0.167 e. The first-order valence-corrected chi connectivity index (χ1v) is 18.5. The quantitative estimate of drug-likeness (QED) is 0.102. The zero-order valence-corrected chi connectivity index (χ0v) is 30.7. The maximum Gasteiger partial charge on any atom is 0.167 e. The molecule has 0 aliphatic rings. The largest absolute Gasteiger partial charge is 0.507 e. The molecule has 5 heteroatoms. The summed E-state index contributed by atoms with van der Waals surface area (Å²) in [7, 11) is 0. The van der Waals surface area contributed by atoms with Crippen LogP contribution in [0.25, 0.3) is 34.2 Å². The van der Waals surface area contributed by atoms with Gasteiger partial charge in [0.1, 0.15) is 11.5 Å². The zero-order chi connectivity index (χ0) is 34.6. The van der Waals surface area contributed by atoms with E-state index in [-0.39, 0.29) is 16.6 Å². The van der Waals surface area contributed by atoms with Gasteiger partial charge in [-0.3, -0.25) is 0 Å². The van der Waals surface area contributed by atoms with Crippen molar-refractivity contribution in [1.29, 1.82) is 0 Å². The second kappa shape index (κ2) is 17.6. The lowest BCUT2D eigenvalue weighted by Crippen LogP contribution is -2.17. The van der Waals surface area contributed by atoms with Crippen LogP contribution in [-0.4, -0.2) is 26.7 Å². The molecule has 5 nitrogen and oxygen atoms in total. The minimum atomic E-state index is 0.0949. The van der Waals surface area contributed by atoms with Crippen LogP contribution in [-0.2, 0) is 10.8 Å². The number of aromatic nitrogens is 3. The molecule has 1 aromatic heterocycles. The van der Waals surface area contributed by atoms with Crippen molar-refractivity contribution in [2.24, 2.45) is 0 Å². The Kier molecular flexibility index (Phi) is 13.6. The molecule has 0 fully saturated rings. The van der Waals surface area contributed by atoms with Crippen molar-refractivity contribution in [2.45, 2.75) is 136 Å². The van der Waals surface area contributed by atoms with E-state index >= 15 is 0 Å². The van der Waals surface area contributed by atoms with E-state index in [0.717, 1.165) is 36.8 Å². The summed E-state index contributed by atoms with van der Waals surface area (Å²) in [5.41, 5.74) is 5.23. The third-order valence-corrected chi connectivity index (χ3v) is 9.77. The lowest BCUT2D eigenvalue weighted by Gasteiger charge is -2.25. The predicted molar refractivity (Wildman–Crippen MR) is 202 cm³/mol. The highest BCUT2D eigenvalue weighted by molar-refractivity contribution is 5.70. The molecule has 0 saturated heterocycles. The molecule has 0 atom stereocenters. The monoisotopic (exact) mass is 649 g/mol. The van der Waals surface area contributed by atoms with E-state index in [4.69, 9.17) is 19.7 Å². The summed E-state index contributed by atoms with van der Waals surface area (Å²) in [6.07, 6.45) is 14.3. The van der Waals surface area contributed by atoms with Gasteiger partial charge in [0.2, 0.25) is 0 Å². The zero-order valence-electron chi connectivity index (χ0n) is 30.7. The van der Waals surface area contributed by atoms with Gasteiger partial charge in [-0.05, 0) is 53.4 Å². The molecular weight excluding hydrogens is 590 g/mol. The van der Waals surface area contributed by atoms with Gasteiger partial charge in [0.25, 0.3) is 0 Å². The Morgan fingerprint density at radius 3 is 1.46 bits per heavy atom. The summed E-state index contributed by atoms with van der Waals surface area (Å²) < 4.78 is 5.94. The van der Waals surface area contributed by atoms with E-state index in [0.29, 0.717) is 35.4 Å². The third-order valence-electron chi connectivity index (χ3n) is 9.77. The summed E-state index contributed by atoms with van der Waals surface area (Å²) >= 11 is 0. The number of unbranched alkanes of at least 4 members (excludes halogenated alkanes) is 7. The molecular formula is C43H59N3O2. The summed E-state index contributed by atoms with van der Waals surface area (Å²) in [5, 5.41) is 11.2. The van der Waals surface area contributed by atoms with Crippen LogP contribution in [0.1, 0.15) is 137 Å². The Hall–Kier alpha value is -3.73. The molecule has 48 heavy (non-hydrogen) atoms. The van der Waals surface area contributed by atoms with Gasteiger partial charge in [-0.15, -0.1) is 0 Å². The highest BCUT2D eigenvalue weighted by atomic mass is 16.5. The van der Waals surface area contributed by atoms with Gasteiger partial charge in [0.15, 0.2) is 17.5 Å². The predicted octanol–water partition coefficient (Wildman–Crippen LogP) is 12.3. The van der Waals surface area contributed by atoms with Crippen LogP contribution in [0.15, 0.2) is 66.7 Å². The van der Waals surface area contributed by atoms with Crippen LogP contribution in [0.4, 0.5) is 0 Å². The number of aromatic hydroxyl groups is 1. The number of ether oxygens (including phenoxy) is 1. The van der Waals surface area contributed by atoms with Gasteiger partial charge in [-0.2, -0.15) is 0 Å². The van der Waals surface area contributed by atoms with Crippen LogP contribution in [0.3, 0.4) is 0 Å².